The van der Waals surface area contributed by atoms with Crippen molar-refractivity contribution in [3.63, 3.8) is 0 Å². The zero-order valence-electron chi connectivity index (χ0n) is 10.9. The molecule has 2 heterocycles. The van der Waals surface area contributed by atoms with Crippen molar-refractivity contribution in [1.82, 2.24) is 9.71 Å². The fraction of sp³-hybridized carbons (Fsp3) is 0.143. The van der Waals surface area contributed by atoms with Crippen LogP contribution in [0.3, 0.4) is 0 Å². The smallest absolute Gasteiger partial charge is 0.265 e. The molecular weight excluding hydrogens is 292 g/mol. The summed E-state index contributed by atoms with van der Waals surface area (Å²) in [5.74, 6) is 0.0650. The highest BCUT2D eigenvalue weighted by atomic mass is 32.2. The summed E-state index contributed by atoms with van der Waals surface area (Å²) in [6.45, 7) is 0.578. The average molecular weight is 304 g/mol. The second-order valence-electron chi connectivity index (χ2n) is 4.54. The van der Waals surface area contributed by atoms with Gasteiger partial charge in [-0.3, -0.25) is 9.78 Å². The number of aromatic nitrogens is 1. The van der Waals surface area contributed by atoms with E-state index in [0.717, 1.165) is 11.3 Å². The van der Waals surface area contributed by atoms with Crippen molar-refractivity contribution in [2.75, 3.05) is 6.61 Å². The van der Waals surface area contributed by atoms with E-state index in [-0.39, 0.29) is 10.5 Å². The van der Waals surface area contributed by atoms with Gasteiger partial charge in [-0.1, -0.05) is 0 Å². The maximum absolute atomic E-state index is 12.1. The topological polar surface area (TPSA) is 85.4 Å². The minimum Gasteiger partial charge on any atom is -0.493 e. The molecule has 6 nitrogen and oxygen atoms in total. The standard InChI is InChI=1S/C14H12N2O4S/c17-14(11-3-4-13-10(8-11)5-7-20-13)16-21(18,19)12-2-1-6-15-9-12/h1-4,6,8-9H,5,7H2,(H,16,17). The van der Waals surface area contributed by atoms with Crippen molar-refractivity contribution in [3.05, 3.63) is 53.9 Å². The summed E-state index contributed by atoms with van der Waals surface area (Å²) in [6, 6.07) is 7.73. The number of hydrogen-bond donors (Lipinski definition) is 1. The molecule has 1 amide bonds. The lowest BCUT2D eigenvalue weighted by Gasteiger charge is -2.07. The first-order valence-electron chi connectivity index (χ1n) is 6.29. The van der Waals surface area contributed by atoms with Crippen LogP contribution < -0.4 is 9.46 Å². The van der Waals surface area contributed by atoms with Crippen LogP contribution in [0.25, 0.3) is 0 Å². The average Bonchev–Trinajstić information content (AvgIpc) is 2.95. The fourth-order valence-electron chi connectivity index (χ4n) is 2.07. The highest BCUT2D eigenvalue weighted by Crippen LogP contribution is 2.25. The van der Waals surface area contributed by atoms with E-state index in [1.807, 2.05) is 4.72 Å². The van der Waals surface area contributed by atoms with Gasteiger partial charge in [0.05, 0.1) is 6.61 Å². The van der Waals surface area contributed by atoms with Crippen LogP contribution in [0, 0.1) is 0 Å². The Balaban J connectivity index is 1.84. The summed E-state index contributed by atoms with van der Waals surface area (Å²) in [5, 5.41) is 0. The predicted octanol–water partition coefficient (Wildman–Crippen LogP) is 1.14. The summed E-state index contributed by atoms with van der Waals surface area (Å²) in [6.07, 6.45) is 3.36. The molecule has 7 heteroatoms. The van der Waals surface area contributed by atoms with Gasteiger partial charge in [0.1, 0.15) is 10.6 Å². The maximum Gasteiger partial charge on any atom is 0.265 e. The molecule has 0 bridgehead atoms. The van der Waals surface area contributed by atoms with Crippen molar-refractivity contribution >= 4 is 15.9 Å². The first-order chi connectivity index (χ1) is 10.1. The maximum atomic E-state index is 12.1. The van der Waals surface area contributed by atoms with Crippen LogP contribution in [0.4, 0.5) is 0 Å². The fourth-order valence-corrected chi connectivity index (χ4v) is 3.01. The molecule has 0 unspecified atom stereocenters. The number of benzene rings is 1. The largest absolute Gasteiger partial charge is 0.493 e. The minimum absolute atomic E-state index is 0.0529. The van der Waals surface area contributed by atoms with E-state index in [1.54, 1.807) is 12.1 Å². The molecule has 0 fully saturated rings. The molecule has 1 aliphatic rings. The number of rotatable bonds is 3. The Morgan fingerprint density at radius 1 is 1.29 bits per heavy atom. The molecule has 21 heavy (non-hydrogen) atoms. The first kappa shape index (κ1) is 13.6. The van der Waals surface area contributed by atoms with Crippen LogP contribution in [0.1, 0.15) is 15.9 Å². The van der Waals surface area contributed by atoms with E-state index in [2.05, 4.69) is 4.98 Å². The van der Waals surface area contributed by atoms with Crippen molar-refractivity contribution in [3.8, 4) is 5.75 Å². The normalized spacial score (nSPS) is 13.3. The molecule has 3 rings (SSSR count). The molecule has 2 aromatic rings. The number of carbonyl (C=O) groups is 1. The molecule has 0 saturated carbocycles. The Labute approximate surface area is 121 Å². The highest BCUT2D eigenvalue weighted by molar-refractivity contribution is 7.90. The van der Waals surface area contributed by atoms with Crippen molar-refractivity contribution in [1.29, 1.82) is 0 Å². The molecule has 0 atom stereocenters. The van der Waals surface area contributed by atoms with E-state index >= 15 is 0 Å². The third kappa shape index (κ3) is 2.73. The quantitative estimate of drug-likeness (QED) is 0.919. The first-order valence-corrected chi connectivity index (χ1v) is 7.77. The Morgan fingerprint density at radius 3 is 2.90 bits per heavy atom. The van der Waals surface area contributed by atoms with Crippen molar-refractivity contribution < 1.29 is 17.9 Å². The Bertz CT molecular complexity index is 788. The third-order valence-corrected chi connectivity index (χ3v) is 4.44. The molecular formula is C14H12N2O4S. The van der Waals surface area contributed by atoms with E-state index < -0.39 is 15.9 Å². The summed E-state index contributed by atoms with van der Waals surface area (Å²) in [4.78, 5) is 15.8. The minimum atomic E-state index is -3.92. The highest BCUT2D eigenvalue weighted by Gasteiger charge is 2.20. The molecule has 0 spiro atoms. The van der Waals surface area contributed by atoms with Crippen LogP contribution in [0.2, 0.25) is 0 Å². The van der Waals surface area contributed by atoms with Crippen LogP contribution in [0.15, 0.2) is 47.6 Å². The number of hydrogen-bond acceptors (Lipinski definition) is 5. The van der Waals surface area contributed by atoms with Gasteiger partial charge in [-0.15, -0.1) is 0 Å². The molecule has 0 aliphatic carbocycles. The van der Waals surface area contributed by atoms with Gasteiger partial charge in [0.25, 0.3) is 15.9 Å². The summed E-state index contributed by atoms with van der Waals surface area (Å²) >= 11 is 0. The monoisotopic (exact) mass is 304 g/mol. The number of nitrogens with zero attached hydrogens (tertiary/aromatic N) is 1. The van der Waals surface area contributed by atoms with Crippen LogP contribution in [-0.2, 0) is 16.4 Å². The number of fused-ring (bicyclic) bond motifs is 1. The lowest BCUT2D eigenvalue weighted by atomic mass is 10.1. The second kappa shape index (κ2) is 5.17. The van der Waals surface area contributed by atoms with Crippen LogP contribution in [-0.4, -0.2) is 25.9 Å². The summed E-state index contributed by atoms with van der Waals surface area (Å²) in [7, 11) is -3.92. The van der Waals surface area contributed by atoms with E-state index in [9.17, 15) is 13.2 Å². The number of pyridine rings is 1. The van der Waals surface area contributed by atoms with E-state index in [4.69, 9.17) is 4.74 Å². The third-order valence-electron chi connectivity index (χ3n) is 3.12. The molecule has 108 valence electrons. The molecule has 0 radical (unpaired) electrons. The number of amides is 1. The lowest BCUT2D eigenvalue weighted by Crippen LogP contribution is -2.30. The Kier molecular flexibility index (Phi) is 3.34. The Hall–Kier alpha value is -2.41. The molecule has 1 aromatic carbocycles. The zero-order valence-corrected chi connectivity index (χ0v) is 11.8. The van der Waals surface area contributed by atoms with Gasteiger partial charge in [-0.25, -0.2) is 13.1 Å². The van der Waals surface area contributed by atoms with Gasteiger partial charge < -0.3 is 4.74 Å². The van der Waals surface area contributed by atoms with Gasteiger partial charge in [-0.2, -0.15) is 0 Å². The number of sulfonamides is 1. The number of carbonyl (C=O) groups excluding carboxylic acids is 1. The molecule has 0 saturated heterocycles. The zero-order chi connectivity index (χ0) is 14.9. The van der Waals surface area contributed by atoms with E-state index in [1.165, 1.54) is 30.6 Å². The van der Waals surface area contributed by atoms with Gasteiger partial charge in [0.2, 0.25) is 0 Å². The predicted molar refractivity (Wildman–Crippen MR) is 74.5 cm³/mol. The lowest BCUT2D eigenvalue weighted by molar-refractivity contribution is 0.0981. The van der Waals surface area contributed by atoms with Gasteiger partial charge in [0, 0.05) is 24.4 Å². The molecule has 1 aliphatic heterocycles. The molecule has 1 N–H and O–H groups in total. The van der Waals surface area contributed by atoms with Crippen LogP contribution in [0.5, 0.6) is 5.75 Å². The van der Waals surface area contributed by atoms with Crippen molar-refractivity contribution in [2.24, 2.45) is 0 Å². The molecule has 1 aromatic heterocycles. The number of ether oxygens (including phenoxy) is 1. The summed E-state index contributed by atoms with van der Waals surface area (Å²) in [5.41, 5.74) is 1.19. The second-order valence-corrected chi connectivity index (χ2v) is 6.23. The number of nitrogens with one attached hydrogen (secondary N) is 1. The summed E-state index contributed by atoms with van der Waals surface area (Å²) < 4.78 is 31.5. The Morgan fingerprint density at radius 2 is 2.14 bits per heavy atom. The van der Waals surface area contributed by atoms with Gasteiger partial charge in [-0.05, 0) is 35.9 Å². The van der Waals surface area contributed by atoms with Gasteiger partial charge in [0.15, 0.2) is 0 Å². The van der Waals surface area contributed by atoms with Gasteiger partial charge >= 0.3 is 0 Å². The van der Waals surface area contributed by atoms with Crippen LogP contribution >= 0.6 is 0 Å². The van der Waals surface area contributed by atoms with E-state index in [0.29, 0.717) is 13.0 Å². The van der Waals surface area contributed by atoms with Crippen molar-refractivity contribution in [2.45, 2.75) is 11.3 Å². The SMILES string of the molecule is O=C(NS(=O)(=O)c1cccnc1)c1ccc2c(c1)CCO2.